The number of urea groups is 1. The second-order valence-corrected chi connectivity index (χ2v) is 7.78. The number of carbonyl (C=O) groups excluding carboxylic acids is 2. The van der Waals surface area contributed by atoms with Crippen molar-refractivity contribution >= 4 is 12.0 Å². The van der Waals surface area contributed by atoms with Gasteiger partial charge in [-0.15, -0.1) is 0 Å². The van der Waals surface area contributed by atoms with Crippen LogP contribution in [0.25, 0.3) is 0 Å². The first kappa shape index (κ1) is 22.9. The normalized spacial score (nSPS) is 15.2. The van der Waals surface area contributed by atoms with Crippen LogP contribution < -0.4 is 20.1 Å². The Balaban J connectivity index is 1.65. The first-order valence-corrected chi connectivity index (χ1v) is 10.9. The minimum Gasteiger partial charge on any atom is -0.493 e. The lowest BCUT2D eigenvalue weighted by molar-refractivity contribution is -0.140. The van der Waals surface area contributed by atoms with Crippen molar-refractivity contribution in [3.05, 3.63) is 107 Å². The van der Waals surface area contributed by atoms with Crippen molar-refractivity contribution < 1.29 is 23.8 Å². The van der Waals surface area contributed by atoms with Crippen LogP contribution in [0, 0.1) is 0 Å². The molecular formula is C27H26N2O5. The van der Waals surface area contributed by atoms with E-state index in [4.69, 9.17) is 14.2 Å². The number of amides is 2. The van der Waals surface area contributed by atoms with Crippen LogP contribution in [0.4, 0.5) is 4.79 Å². The molecule has 0 saturated heterocycles. The molecule has 4 rings (SSSR count). The van der Waals surface area contributed by atoms with E-state index in [2.05, 4.69) is 10.6 Å². The van der Waals surface area contributed by atoms with Gasteiger partial charge in [-0.3, -0.25) is 0 Å². The van der Waals surface area contributed by atoms with Gasteiger partial charge < -0.3 is 24.8 Å². The van der Waals surface area contributed by atoms with E-state index in [0.29, 0.717) is 34.9 Å². The molecule has 1 unspecified atom stereocenters. The van der Waals surface area contributed by atoms with Crippen molar-refractivity contribution in [2.24, 2.45) is 0 Å². The van der Waals surface area contributed by atoms with Crippen molar-refractivity contribution in [3.8, 4) is 11.5 Å². The van der Waals surface area contributed by atoms with Crippen molar-refractivity contribution in [2.45, 2.75) is 26.2 Å². The highest BCUT2D eigenvalue weighted by atomic mass is 16.5. The van der Waals surface area contributed by atoms with Crippen molar-refractivity contribution in [3.63, 3.8) is 0 Å². The van der Waals surface area contributed by atoms with Gasteiger partial charge >= 0.3 is 12.0 Å². The van der Waals surface area contributed by atoms with E-state index in [-0.39, 0.29) is 6.61 Å². The lowest BCUT2D eigenvalue weighted by Gasteiger charge is -2.29. The average Bonchev–Trinajstić information content (AvgIpc) is 2.86. The van der Waals surface area contributed by atoms with Crippen LogP contribution in [0.5, 0.6) is 11.5 Å². The Morgan fingerprint density at radius 2 is 1.53 bits per heavy atom. The van der Waals surface area contributed by atoms with E-state index in [9.17, 15) is 9.59 Å². The summed E-state index contributed by atoms with van der Waals surface area (Å²) in [6, 6.07) is 23.3. The molecule has 0 bridgehead atoms. The molecule has 174 valence electrons. The van der Waals surface area contributed by atoms with E-state index in [0.717, 1.165) is 11.1 Å². The third-order valence-electron chi connectivity index (χ3n) is 5.47. The fourth-order valence-electron chi connectivity index (χ4n) is 3.80. The van der Waals surface area contributed by atoms with Crippen molar-refractivity contribution in [1.29, 1.82) is 0 Å². The Bertz CT molecular complexity index is 1190. The maximum atomic E-state index is 13.2. The van der Waals surface area contributed by atoms with Crippen LogP contribution >= 0.6 is 0 Å². The first-order chi connectivity index (χ1) is 16.6. The first-order valence-electron chi connectivity index (χ1n) is 10.9. The highest BCUT2D eigenvalue weighted by Crippen LogP contribution is 2.39. The summed E-state index contributed by atoms with van der Waals surface area (Å²) in [5.74, 6) is 0.411. The van der Waals surface area contributed by atoms with Gasteiger partial charge in [0.1, 0.15) is 13.2 Å². The van der Waals surface area contributed by atoms with E-state index in [1.165, 1.54) is 0 Å². The zero-order chi connectivity index (χ0) is 23.9. The summed E-state index contributed by atoms with van der Waals surface area (Å²) in [6.45, 7) is 2.09. The van der Waals surface area contributed by atoms with E-state index >= 15 is 0 Å². The highest BCUT2D eigenvalue weighted by molar-refractivity contribution is 5.95. The molecule has 7 heteroatoms. The summed E-state index contributed by atoms with van der Waals surface area (Å²) in [5, 5.41) is 5.51. The zero-order valence-electron chi connectivity index (χ0n) is 19.0. The van der Waals surface area contributed by atoms with Gasteiger partial charge in [0.05, 0.1) is 18.7 Å². The molecule has 7 nitrogen and oxygen atoms in total. The number of carbonyl (C=O) groups is 2. The molecule has 0 fully saturated rings. The fourth-order valence-corrected chi connectivity index (χ4v) is 3.80. The quantitative estimate of drug-likeness (QED) is 0.480. The summed E-state index contributed by atoms with van der Waals surface area (Å²) < 4.78 is 17.3. The molecule has 2 N–H and O–H groups in total. The number of hydrogen-bond donors (Lipinski definition) is 2. The largest absolute Gasteiger partial charge is 0.493 e. The van der Waals surface area contributed by atoms with Gasteiger partial charge in [-0.25, -0.2) is 9.59 Å². The topological polar surface area (TPSA) is 85.9 Å². The van der Waals surface area contributed by atoms with Crippen LogP contribution in [0.1, 0.15) is 29.7 Å². The van der Waals surface area contributed by atoms with Crippen LogP contribution in [-0.2, 0) is 22.7 Å². The number of rotatable bonds is 8. The van der Waals surface area contributed by atoms with Crippen LogP contribution in [-0.4, -0.2) is 19.1 Å². The van der Waals surface area contributed by atoms with E-state index in [1.807, 2.05) is 60.7 Å². The maximum absolute atomic E-state index is 13.2. The minimum atomic E-state index is -0.780. The highest BCUT2D eigenvalue weighted by Gasteiger charge is 2.35. The third-order valence-corrected chi connectivity index (χ3v) is 5.47. The van der Waals surface area contributed by atoms with E-state index < -0.39 is 18.0 Å². The van der Waals surface area contributed by atoms with Gasteiger partial charge in [-0.05, 0) is 24.1 Å². The number of nitrogens with one attached hydrogen (secondary N) is 2. The summed E-state index contributed by atoms with van der Waals surface area (Å²) in [7, 11) is 1.55. The smallest absolute Gasteiger partial charge is 0.338 e. The van der Waals surface area contributed by atoms with Crippen LogP contribution in [0.2, 0.25) is 0 Å². The average molecular weight is 459 g/mol. The number of para-hydroxylation sites is 1. The molecule has 3 aromatic carbocycles. The molecule has 0 aromatic heterocycles. The fraction of sp³-hybridized carbons (Fsp3) is 0.185. The van der Waals surface area contributed by atoms with Gasteiger partial charge in [0.25, 0.3) is 0 Å². The predicted molar refractivity (Wildman–Crippen MR) is 127 cm³/mol. The molecule has 0 radical (unpaired) electrons. The predicted octanol–water partition coefficient (Wildman–Crippen LogP) is 4.65. The molecule has 1 aliphatic heterocycles. The summed E-state index contributed by atoms with van der Waals surface area (Å²) in [4.78, 5) is 25.5. The van der Waals surface area contributed by atoms with Crippen LogP contribution in [0.3, 0.4) is 0 Å². The monoisotopic (exact) mass is 458 g/mol. The Morgan fingerprint density at radius 1 is 0.882 bits per heavy atom. The Morgan fingerprint density at radius 3 is 2.18 bits per heavy atom. The summed E-state index contributed by atoms with van der Waals surface area (Å²) >= 11 is 0. The maximum Gasteiger partial charge on any atom is 0.338 e. The zero-order valence-corrected chi connectivity index (χ0v) is 19.0. The standard InChI is InChI=1S/C27H26N2O5/c1-18-23(26(30)34-17-20-12-7-4-8-13-20)24(29-27(31)28-18)21-14-9-15-22(32-2)25(21)33-16-19-10-5-3-6-11-19/h3-15,24H,16-17H2,1-2H3,(H2,28,29,31). The summed E-state index contributed by atoms with van der Waals surface area (Å²) in [6.07, 6.45) is 0. The van der Waals surface area contributed by atoms with Gasteiger partial charge in [0, 0.05) is 11.3 Å². The molecule has 0 saturated carbocycles. The summed E-state index contributed by atoms with van der Waals surface area (Å²) in [5.41, 5.74) is 3.16. The van der Waals surface area contributed by atoms with Crippen LogP contribution in [0.15, 0.2) is 90.1 Å². The third kappa shape index (κ3) is 5.20. The number of hydrogen-bond acceptors (Lipinski definition) is 5. The second-order valence-electron chi connectivity index (χ2n) is 7.78. The number of benzene rings is 3. The molecule has 1 aliphatic rings. The Hall–Kier alpha value is -4.26. The molecule has 0 spiro atoms. The molecule has 0 aliphatic carbocycles. The lowest BCUT2D eigenvalue weighted by Crippen LogP contribution is -2.45. The van der Waals surface area contributed by atoms with Gasteiger partial charge in [-0.2, -0.15) is 0 Å². The van der Waals surface area contributed by atoms with Crippen molar-refractivity contribution in [2.75, 3.05) is 7.11 Å². The number of esters is 1. The molecular weight excluding hydrogens is 432 g/mol. The van der Waals surface area contributed by atoms with Gasteiger partial charge in [-0.1, -0.05) is 72.8 Å². The van der Waals surface area contributed by atoms with Crippen molar-refractivity contribution in [1.82, 2.24) is 10.6 Å². The molecule has 34 heavy (non-hydrogen) atoms. The SMILES string of the molecule is COc1cccc(C2NC(=O)NC(C)=C2C(=O)OCc2ccccc2)c1OCc1ccccc1. The van der Waals surface area contributed by atoms with E-state index in [1.54, 1.807) is 32.2 Å². The number of allylic oxidation sites excluding steroid dienone is 1. The lowest BCUT2D eigenvalue weighted by atomic mass is 9.94. The number of methoxy groups -OCH3 is 1. The molecule has 2 amide bonds. The van der Waals surface area contributed by atoms with Gasteiger partial charge in [0.15, 0.2) is 11.5 Å². The van der Waals surface area contributed by atoms with Gasteiger partial charge in [0.2, 0.25) is 0 Å². The molecule has 1 heterocycles. The second kappa shape index (κ2) is 10.6. The Kier molecular flexibility index (Phi) is 7.13. The number of ether oxygens (including phenoxy) is 3. The molecule has 3 aromatic rings. The Labute approximate surface area is 198 Å². The molecule has 1 atom stereocenters. The minimum absolute atomic E-state index is 0.118.